The van der Waals surface area contributed by atoms with Crippen molar-refractivity contribution >= 4 is 17.4 Å². The van der Waals surface area contributed by atoms with Crippen molar-refractivity contribution in [2.75, 3.05) is 17.2 Å². The number of benzene rings is 1. The van der Waals surface area contributed by atoms with E-state index in [0.717, 1.165) is 0 Å². The fourth-order valence-electron chi connectivity index (χ4n) is 2.36. The highest BCUT2D eigenvalue weighted by Crippen LogP contribution is 2.37. The maximum Gasteiger partial charge on any atom is 0.416 e. The number of halogens is 6. The zero-order valence-electron chi connectivity index (χ0n) is 15.4. The zero-order chi connectivity index (χ0) is 22.0. The fourth-order valence-corrected chi connectivity index (χ4v) is 2.36. The molecule has 0 saturated carbocycles. The van der Waals surface area contributed by atoms with Gasteiger partial charge in [0.15, 0.2) is 0 Å². The molecule has 0 unspecified atom stereocenters. The molecule has 12 heteroatoms. The Bertz CT molecular complexity index is 857. The summed E-state index contributed by atoms with van der Waals surface area (Å²) in [5, 5.41) is 4.29. The first kappa shape index (κ1) is 22.2. The Balaban J connectivity index is 2.29. The first-order valence-electron chi connectivity index (χ1n) is 8.16. The summed E-state index contributed by atoms with van der Waals surface area (Å²) in [6, 6.07) is -0.207. The van der Waals surface area contributed by atoms with Gasteiger partial charge in [0.2, 0.25) is 0 Å². The number of urea groups is 1. The molecule has 158 valence electrons. The predicted octanol–water partition coefficient (Wildman–Crippen LogP) is 5.17. The summed E-state index contributed by atoms with van der Waals surface area (Å²) in [6.07, 6.45) is -10.0. The van der Waals surface area contributed by atoms with Crippen LogP contribution in [0.3, 0.4) is 0 Å². The van der Waals surface area contributed by atoms with Gasteiger partial charge in [-0.2, -0.15) is 36.3 Å². The van der Waals surface area contributed by atoms with Crippen LogP contribution in [0.15, 0.2) is 18.2 Å². The lowest BCUT2D eigenvalue weighted by Crippen LogP contribution is -2.22. The van der Waals surface area contributed by atoms with Crippen LogP contribution in [0.1, 0.15) is 29.4 Å². The van der Waals surface area contributed by atoms with Gasteiger partial charge in [-0.1, -0.05) is 0 Å². The van der Waals surface area contributed by atoms with Gasteiger partial charge < -0.3 is 15.4 Å². The van der Waals surface area contributed by atoms with Gasteiger partial charge in [0.05, 0.1) is 34.8 Å². The first-order chi connectivity index (χ1) is 13.3. The second-order valence-electron chi connectivity index (χ2n) is 5.86. The zero-order valence-corrected chi connectivity index (χ0v) is 15.4. The predicted molar refractivity (Wildman–Crippen MR) is 91.8 cm³/mol. The Hall–Kier alpha value is -3.05. The molecule has 0 aliphatic heterocycles. The van der Waals surface area contributed by atoms with Crippen molar-refractivity contribution in [3.63, 3.8) is 0 Å². The first-order valence-corrected chi connectivity index (χ1v) is 8.16. The fraction of sp³-hybridized carbons (Fsp3) is 0.353. The van der Waals surface area contributed by atoms with Crippen LogP contribution in [0.2, 0.25) is 0 Å². The molecule has 0 aliphatic carbocycles. The van der Waals surface area contributed by atoms with E-state index in [4.69, 9.17) is 4.74 Å². The lowest BCUT2D eigenvalue weighted by atomic mass is 10.1. The van der Waals surface area contributed by atoms with Gasteiger partial charge in [0.1, 0.15) is 0 Å². The van der Waals surface area contributed by atoms with Gasteiger partial charge in [-0.25, -0.2) is 4.79 Å². The summed E-state index contributed by atoms with van der Waals surface area (Å²) in [6.45, 7) is 5.08. The van der Waals surface area contributed by atoms with Crippen LogP contribution >= 0.6 is 0 Å². The molecule has 2 rings (SSSR count). The Morgan fingerprint density at radius 1 is 0.931 bits per heavy atom. The third-order valence-electron chi connectivity index (χ3n) is 3.61. The molecular weight excluding hydrogens is 406 g/mol. The minimum atomic E-state index is -5.02. The third kappa shape index (κ3) is 5.72. The van der Waals surface area contributed by atoms with Gasteiger partial charge in [0, 0.05) is 5.69 Å². The number of carbonyl (C=O) groups excluding carboxylic acids is 1. The molecule has 0 fully saturated rings. The number of rotatable bonds is 4. The second kappa shape index (κ2) is 8.13. The highest BCUT2D eigenvalue weighted by molar-refractivity contribution is 6.00. The van der Waals surface area contributed by atoms with Crippen LogP contribution in [0.5, 0.6) is 6.01 Å². The molecule has 1 aromatic carbocycles. The van der Waals surface area contributed by atoms with E-state index in [1.807, 2.05) is 5.32 Å². The number of hydrogen-bond acceptors (Lipinski definition) is 4. The molecule has 2 N–H and O–H groups in total. The number of nitrogens with one attached hydrogen (secondary N) is 2. The van der Waals surface area contributed by atoms with Crippen LogP contribution in [0, 0.1) is 13.8 Å². The Kier molecular flexibility index (Phi) is 6.24. The number of ether oxygens (including phenoxy) is 1. The average molecular weight is 422 g/mol. The highest BCUT2D eigenvalue weighted by atomic mass is 19.4. The number of nitrogens with zero attached hydrogens (tertiary/aromatic N) is 2. The Morgan fingerprint density at radius 3 is 1.83 bits per heavy atom. The number of alkyl halides is 6. The maximum atomic E-state index is 12.9. The van der Waals surface area contributed by atoms with Crippen molar-refractivity contribution < 1.29 is 35.9 Å². The largest absolute Gasteiger partial charge is 0.464 e. The summed E-state index contributed by atoms with van der Waals surface area (Å²) in [5.74, 6) is 0. The quantitative estimate of drug-likeness (QED) is 0.667. The van der Waals surface area contributed by atoms with Crippen molar-refractivity contribution in [1.82, 2.24) is 9.97 Å². The molecule has 0 aliphatic rings. The molecule has 0 spiro atoms. The molecule has 0 bridgehead atoms. The molecule has 0 saturated heterocycles. The van der Waals surface area contributed by atoms with Crippen LogP contribution in [-0.4, -0.2) is 22.6 Å². The normalized spacial score (nSPS) is 11.9. The molecule has 2 aromatic rings. The van der Waals surface area contributed by atoms with E-state index in [1.165, 1.54) is 13.8 Å². The van der Waals surface area contributed by atoms with Gasteiger partial charge in [-0.3, -0.25) is 0 Å². The number of hydrogen-bond donors (Lipinski definition) is 2. The van der Waals surface area contributed by atoms with E-state index in [-0.39, 0.29) is 17.8 Å². The number of aryl methyl sites for hydroxylation is 2. The number of carbonyl (C=O) groups is 1. The molecule has 2 amide bonds. The summed E-state index contributed by atoms with van der Waals surface area (Å²) in [5.41, 5.74) is -3.01. The molecule has 1 heterocycles. The lowest BCUT2D eigenvalue weighted by Gasteiger charge is -2.16. The standard InChI is InChI=1S/C17H16F6N4O2/c1-4-29-15-24-8(2)13(9(3)25-15)27-14(28)26-12-6-10(16(18,19)20)5-11(7-12)17(21,22)23/h5-7H,4H2,1-3H3,(H2,26,27,28). The maximum absolute atomic E-state index is 12.9. The van der Waals surface area contributed by atoms with E-state index in [0.29, 0.717) is 30.1 Å². The SMILES string of the molecule is CCOc1nc(C)c(NC(=O)Nc2cc(C(F)(F)F)cc(C(F)(F)F)c2)c(C)n1. The van der Waals surface area contributed by atoms with Gasteiger partial charge >= 0.3 is 24.4 Å². The van der Waals surface area contributed by atoms with Crippen LogP contribution in [-0.2, 0) is 12.4 Å². The minimum Gasteiger partial charge on any atom is -0.464 e. The van der Waals surface area contributed by atoms with Crippen LogP contribution < -0.4 is 15.4 Å². The summed E-state index contributed by atoms with van der Waals surface area (Å²) in [7, 11) is 0. The average Bonchev–Trinajstić information content (AvgIpc) is 2.56. The number of anilines is 2. The number of amides is 2. The third-order valence-corrected chi connectivity index (χ3v) is 3.61. The lowest BCUT2D eigenvalue weighted by molar-refractivity contribution is -0.143. The van der Waals surface area contributed by atoms with E-state index >= 15 is 0 Å². The van der Waals surface area contributed by atoms with Crippen molar-refractivity contribution in [1.29, 1.82) is 0 Å². The van der Waals surface area contributed by atoms with E-state index in [9.17, 15) is 31.1 Å². The van der Waals surface area contributed by atoms with Crippen LogP contribution in [0.4, 0.5) is 42.5 Å². The van der Waals surface area contributed by atoms with Crippen molar-refractivity contribution in [2.45, 2.75) is 33.1 Å². The summed E-state index contributed by atoms with van der Waals surface area (Å²) >= 11 is 0. The monoisotopic (exact) mass is 422 g/mol. The van der Waals surface area contributed by atoms with E-state index in [2.05, 4.69) is 15.3 Å². The van der Waals surface area contributed by atoms with Crippen LogP contribution in [0.25, 0.3) is 0 Å². The molecule has 1 aromatic heterocycles. The summed E-state index contributed by atoms with van der Waals surface area (Å²) < 4.78 is 82.6. The molecule has 0 atom stereocenters. The molecule has 29 heavy (non-hydrogen) atoms. The minimum absolute atomic E-state index is 0.0301. The molecule has 6 nitrogen and oxygen atoms in total. The van der Waals surface area contributed by atoms with E-state index < -0.39 is 35.2 Å². The second-order valence-corrected chi connectivity index (χ2v) is 5.86. The topological polar surface area (TPSA) is 76.1 Å². The molecular formula is C17H16F6N4O2. The Labute approximate surface area is 161 Å². The van der Waals surface area contributed by atoms with E-state index in [1.54, 1.807) is 6.92 Å². The van der Waals surface area contributed by atoms with Gasteiger partial charge in [0.25, 0.3) is 0 Å². The van der Waals surface area contributed by atoms with Gasteiger partial charge in [-0.15, -0.1) is 0 Å². The van der Waals surface area contributed by atoms with Gasteiger partial charge in [-0.05, 0) is 39.0 Å². The Morgan fingerprint density at radius 2 is 1.41 bits per heavy atom. The van der Waals surface area contributed by atoms with Crippen molar-refractivity contribution in [3.05, 3.63) is 40.7 Å². The molecule has 0 radical (unpaired) electrons. The van der Waals surface area contributed by atoms with Crippen molar-refractivity contribution in [3.8, 4) is 6.01 Å². The highest BCUT2D eigenvalue weighted by Gasteiger charge is 2.37. The number of aromatic nitrogens is 2. The smallest absolute Gasteiger partial charge is 0.416 e. The summed E-state index contributed by atoms with van der Waals surface area (Å²) in [4.78, 5) is 20.2. The van der Waals surface area contributed by atoms with Crippen molar-refractivity contribution in [2.24, 2.45) is 0 Å².